The summed E-state index contributed by atoms with van der Waals surface area (Å²) in [6.07, 6.45) is 0.299. The topological polar surface area (TPSA) is 76.7 Å². The Morgan fingerprint density at radius 2 is 1.77 bits per heavy atom. The minimum atomic E-state index is -0.375. The first-order valence-corrected chi connectivity index (χ1v) is 8.53. The lowest BCUT2D eigenvalue weighted by molar-refractivity contribution is -0.121. The van der Waals surface area contributed by atoms with Crippen LogP contribution in [0.4, 0.5) is 5.69 Å². The zero-order valence-corrected chi connectivity index (χ0v) is 15.1. The van der Waals surface area contributed by atoms with Gasteiger partial charge in [-0.2, -0.15) is 0 Å². The molecule has 26 heavy (non-hydrogen) atoms. The van der Waals surface area contributed by atoms with Gasteiger partial charge in [-0.1, -0.05) is 24.3 Å². The lowest BCUT2D eigenvalue weighted by Crippen LogP contribution is -2.25. The molecule has 2 aromatic carbocycles. The first-order chi connectivity index (χ1) is 12.6. The summed E-state index contributed by atoms with van der Waals surface area (Å²) < 4.78 is 10.1. The molecule has 6 nitrogen and oxygen atoms in total. The molecule has 0 aliphatic heterocycles. The third-order valence-electron chi connectivity index (χ3n) is 3.74. The third-order valence-corrected chi connectivity index (χ3v) is 3.74. The van der Waals surface area contributed by atoms with Crippen molar-refractivity contribution in [1.82, 2.24) is 5.32 Å². The predicted molar refractivity (Wildman–Crippen MR) is 100 cm³/mol. The highest BCUT2D eigenvalue weighted by Gasteiger charge is 2.11. The Morgan fingerprint density at radius 3 is 2.46 bits per heavy atom. The lowest BCUT2D eigenvalue weighted by atomic mass is 10.1. The van der Waals surface area contributed by atoms with E-state index < -0.39 is 0 Å². The van der Waals surface area contributed by atoms with Crippen LogP contribution in [0.3, 0.4) is 0 Å². The molecular formula is C20H24N2O4. The van der Waals surface area contributed by atoms with E-state index in [9.17, 15) is 9.59 Å². The largest absolute Gasteiger partial charge is 0.497 e. The lowest BCUT2D eigenvalue weighted by Gasteiger charge is -2.11. The standard InChI is InChI=1S/C20H24N2O4/c1-3-26-20(24)17-6-4-5-7-18(17)21-13-12-19(23)22-14-15-8-10-16(25-2)11-9-15/h4-11,21H,3,12-14H2,1-2H3,(H,22,23). The van der Waals surface area contributed by atoms with E-state index in [0.29, 0.717) is 37.4 Å². The van der Waals surface area contributed by atoms with Crippen molar-refractivity contribution in [2.45, 2.75) is 19.9 Å². The summed E-state index contributed by atoms with van der Waals surface area (Å²) in [4.78, 5) is 23.9. The molecule has 2 aromatic rings. The number of esters is 1. The number of carbonyl (C=O) groups is 2. The van der Waals surface area contributed by atoms with Crippen LogP contribution in [-0.4, -0.2) is 32.1 Å². The first-order valence-electron chi connectivity index (χ1n) is 8.53. The van der Waals surface area contributed by atoms with Crippen LogP contribution in [0.1, 0.15) is 29.3 Å². The summed E-state index contributed by atoms with van der Waals surface area (Å²) >= 11 is 0. The number of ether oxygens (including phenoxy) is 2. The van der Waals surface area contributed by atoms with Crippen molar-refractivity contribution in [2.75, 3.05) is 25.6 Å². The van der Waals surface area contributed by atoms with Gasteiger partial charge in [-0.3, -0.25) is 4.79 Å². The van der Waals surface area contributed by atoms with Gasteiger partial charge < -0.3 is 20.1 Å². The predicted octanol–water partition coefficient (Wildman–Crippen LogP) is 2.99. The Kier molecular flexibility index (Phi) is 7.49. The number of benzene rings is 2. The fourth-order valence-corrected chi connectivity index (χ4v) is 2.37. The molecule has 0 radical (unpaired) electrons. The van der Waals surface area contributed by atoms with E-state index in [1.54, 1.807) is 32.2 Å². The van der Waals surface area contributed by atoms with Crippen LogP contribution < -0.4 is 15.4 Å². The zero-order chi connectivity index (χ0) is 18.8. The van der Waals surface area contributed by atoms with E-state index in [4.69, 9.17) is 9.47 Å². The van der Waals surface area contributed by atoms with Crippen molar-refractivity contribution in [3.63, 3.8) is 0 Å². The molecule has 1 amide bonds. The van der Waals surface area contributed by atoms with E-state index in [-0.39, 0.29) is 11.9 Å². The molecule has 0 unspecified atom stereocenters. The molecule has 0 aliphatic carbocycles. The average molecular weight is 356 g/mol. The fourth-order valence-electron chi connectivity index (χ4n) is 2.37. The van der Waals surface area contributed by atoms with Gasteiger partial charge in [-0.15, -0.1) is 0 Å². The highest BCUT2D eigenvalue weighted by molar-refractivity contribution is 5.95. The summed E-state index contributed by atoms with van der Waals surface area (Å²) in [5, 5.41) is 5.99. The molecule has 6 heteroatoms. The minimum Gasteiger partial charge on any atom is -0.497 e. The maximum atomic E-state index is 12.0. The smallest absolute Gasteiger partial charge is 0.340 e. The van der Waals surface area contributed by atoms with Gasteiger partial charge in [0, 0.05) is 25.2 Å². The summed E-state index contributed by atoms with van der Waals surface area (Å²) in [7, 11) is 1.61. The van der Waals surface area contributed by atoms with Crippen molar-refractivity contribution in [1.29, 1.82) is 0 Å². The summed E-state index contributed by atoms with van der Waals surface area (Å²) in [6.45, 7) is 2.97. The second-order valence-electron chi connectivity index (χ2n) is 5.57. The molecular weight excluding hydrogens is 332 g/mol. The first kappa shape index (κ1) is 19.3. The number of amides is 1. The maximum absolute atomic E-state index is 12.0. The Bertz CT molecular complexity index is 729. The van der Waals surface area contributed by atoms with Gasteiger partial charge in [0.05, 0.1) is 19.3 Å². The van der Waals surface area contributed by atoms with Gasteiger partial charge in [-0.25, -0.2) is 4.79 Å². The molecule has 138 valence electrons. The average Bonchev–Trinajstić information content (AvgIpc) is 2.67. The number of anilines is 1. The van der Waals surface area contributed by atoms with Gasteiger partial charge >= 0.3 is 5.97 Å². The molecule has 0 bridgehead atoms. The monoisotopic (exact) mass is 356 g/mol. The number of methoxy groups -OCH3 is 1. The Morgan fingerprint density at radius 1 is 1.04 bits per heavy atom. The van der Waals surface area contributed by atoms with E-state index >= 15 is 0 Å². The maximum Gasteiger partial charge on any atom is 0.340 e. The Hall–Kier alpha value is -3.02. The van der Waals surface area contributed by atoms with Crippen LogP contribution >= 0.6 is 0 Å². The van der Waals surface area contributed by atoms with Crippen molar-refractivity contribution >= 4 is 17.6 Å². The number of carbonyl (C=O) groups excluding carboxylic acids is 2. The minimum absolute atomic E-state index is 0.0677. The zero-order valence-electron chi connectivity index (χ0n) is 15.1. The third kappa shape index (κ3) is 5.81. The molecule has 0 spiro atoms. The summed E-state index contributed by atoms with van der Waals surface area (Å²) in [6, 6.07) is 14.6. The van der Waals surface area contributed by atoms with E-state index in [1.807, 2.05) is 30.3 Å². The van der Waals surface area contributed by atoms with Gasteiger partial charge in [-0.05, 0) is 36.8 Å². The number of rotatable bonds is 9. The van der Waals surface area contributed by atoms with Crippen LogP contribution in [0.2, 0.25) is 0 Å². The molecule has 0 fully saturated rings. The van der Waals surface area contributed by atoms with Crippen molar-refractivity contribution in [3.05, 3.63) is 59.7 Å². The second-order valence-corrected chi connectivity index (χ2v) is 5.57. The quantitative estimate of drug-likeness (QED) is 0.676. The summed E-state index contributed by atoms with van der Waals surface area (Å²) in [5.74, 6) is 0.339. The number of hydrogen-bond acceptors (Lipinski definition) is 5. The van der Waals surface area contributed by atoms with Gasteiger partial charge in [0.15, 0.2) is 0 Å². The molecule has 2 N–H and O–H groups in total. The molecule has 0 atom stereocenters. The van der Waals surface area contributed by atoms with Gasteiger partial charge in [0.1, 0.15) is 5.75 Å². The van der Waals surface area contributed by atoms with Crippen molar-refractivity contribution in [3.8, 4) is 5.75 Å². The molecule has 0 aliphatic rings. The van der Waals surface area contributed by atoms with Crippen molar-refractivity contribution in [2.24, 2.45) is 0 Å². The van der Waals surface area contributed by atoms with Gasteiger partial charge in [0.25, 0.3) is 0 Å². The van der Waals surface area contributed by atoms with E-state index in [1.165, 1.54) is 0 Å². The molecule has 0 saturated heterocycles. The number of nitrogens with one attached hydrogen (secondary N) is 2. The normalized spacial score (nSPS) is 10.1. The second kappa shape index (κ2) is 10.1. The molecule has 0 heterocycles. The van der Waals surface area contributed by atoms with Crippen LogP contribution in [0.25, 0.3) is 0 Å². The summed E-state index contributed by atoms with van der Waals surface area (Å²) in [5.41, 5.74) is 2.13. The number of para-hydroxylation sites is 1. The molecule has 0 saturated carbocycles. The Labute approximate surface area is 153 Å². The van der Waals surface area contributed by atoms with Crippen LogP contribution in [-0.2, 0) is 16.1 Å². The SMILES string of the molecule is CCOC(=O)c1ccccc1NCCC(=O)NCc1ccc(OC)cc1. The fraction of sp³-hybridized carbons (Fsp3) is 0.300. The Balaban J connectivity index is 1.78. The van der Waals surface area contributed by atoms with Crippen molar-refractivity contribution < 1.29 is 19.1 Å². The number of hydrogen-bond donors (Lipinski definition) is 2. The van der Waals surface area contributed by atoms with Gasteiger partial charge in [0.2, 0.25) is 5.91 Å². The highest BCUT2D eigenvalue weighted by atomic mass is 16.5. The van der Waals surface area contributed by atoms with E-state index in [0.717, 1.165) is 11.3 Å². The van der Waals surface area contributed by atoms with E-state index in [2.05, 4.69) is 10.6 Å². The van der Waals surface area contributed by atoms with Crippen LogP contribution in [0.5, 0.6) is 5.75 Å². The molecule has 0 aromatic heterocycles. The van der Waals surface area contributed by atoms with Crippen LogP contribution in [0.15, 0.2) is 48.5 Å². The molecule has 2 rings (SSSR count). The van der Waals surface area contributed by atoms with Crippen LogP contribution in [0, 0.1) is 0 Å². The highest BCUT2D eigenvalue weighted by Crippen LogP contribution is 2.16.